The van der Waals surface area contributed by atoms with Crippen molar-refractivity contribution < 1.29 is 4.74 Å². The molecule has 0 saturated carbocycles. The summed E-state index contributed by atoms with van der Waals surface area (Å²) in [6.45, 7) is 6.28. The molecule has 1 fully saturated rings. The molecule has 4 heterocycles. The van der Waals surface area contributed by atoms with Crippen molar-refractivity contribution in [3.8, 4) is 0 Å². The van der Waals surface area contributed by atoms with Crippen LogP contribution in [-0.4, -0.2) is 61.2 Å². The van der Waals surface area contributed by atoms with Crippen LogP contribution in [0, 0.1) is 0 Å². The predicted molar refractivity (Wildman–Crippen MR) is 97.6 cm³/mol. The van der Waals surface area contributed by atoms with E-state index in [-0.39, 0.29) is 12.1 Å². The normalized spacial score (nSPS) is 21.5. The van der Waals surface area contributed by atoms with Crippen LogP contribution in [0.2, 0.25) is 0 Å². The minimum atomic E-state index is 0.0555. The second-order valence-electron chi connectivity index (χ2n) is 6.57. The number of likely N-dealkylation sites (N-methyl/N-ethyl adjacent to an activating group) is 1. The largest absolute Gasteiger partial charge is 0.373 e. The lowest BCUT2D eigenvalue weighted by atomic mass is 10.1. The van der Waals surface area contributed by atoms with Gasteiger partial charge in [-0.15, -0.1) is 0 Å². The average Bonchev–Trinajstić information content (AvgIpc) is 3.27. The van der Waals surface area contributed by atoms with Crippen LogP contribution >= 0.6 is 0 Å². The topological polar surface area (TPSA) is 72.5 Å². The molecule has 0 amide bonds. The summed E-state index contributed by atoms with van der Waals surface area (Å²) in [5, 5.41) is 3.50. The van der Waals surface area contributed by atoms with Crippen molar-refractivity contribution in [3.63, 3.8) is 0 Å². The Morgan fingerprint density at radius 3 is 2.96 bits per heavy atom. The number of aromatic nitrogens is 5. The van der Waals surface area contributed by atoms with Crippen LogP contribution in [0.5, 0.6) is 0 Å². The van der Waals surface area contributed by atoms with E-state index in [0.717, 1.165) is 43.5 Å². The third kappa shape index (κ3) is 3.35. The molecule has 0 radical (unpaired) electrons. The van der Waals surface area contributed by atoms with Crippen LogP contribution in [-0.2, 0) is 18.3 Å². The zero-order chi connectivity index (χ0) is 17.9. The average molecular weight is 355 g/mol. The molecule has 4 rings (SSSR count). The van der Waals surface area contributed by atoms with Gasteiger partial charge in [-0.1, -0.05) is 6.92 Å². The van der Waals surface area contributed by atoms with Crippen molar-refractivity contribution in [2.75, 3.05) is 26.2 Å². The highest BCUT2D eigenvalue weighted by molar-refractivity contribution is 5.29. The van der Waals surface area contributed by atoms with E-state index in [1.54, 1.807) is 6.20 Å². The first kappa shape index (κ1) is 17.1. The molecule has 0 spiro atoms. The van der Waals surface area contributed by atoms with Crippen molar-refractivity contribution in [1.29, 1.82) is 0 Å². The standard InChI is InChI=1S/C18H25N7O/c1-3-24-9-10-26-15(16(24)17-20-6-8-23(17)2)12-19-11-14-13-25-7-4-5-21-18(25)22-14/h4-8,13,15-16,19H,3,9-12H2,1-2H3/t15-,16+/m0/s1. The van der Waals surface area contributed by atoms with Crippen LogP contribution in [0.25, 0.3) is 5.78 Å². The number of ether oxygens (including phenoxy) is 1. The predicted octanol–water partition coefficient (Wildman–Crippen LogP) is 1.01. The zero-order valence-electron chi connectivity index (χ0n) is 15.2. The molecule has 1 N–H and O–H groups in total. The molecule has 8 heteroatoms. The summed E-state index contributed by atoms with van der Waals surface area (Å²) in [6.07, 6.45) is 9.62. The summed E-state index contributed by atoms with van der Waals surface area (Å²) >= 11 is 0. The summed E-state index contributed by atoms with van der Waals surface area (Å²) in [7, 11) is 2.04. The van der Waals surface area contributed by atoms with Crippen LogP contribution in [0.15, 0.2) is 37.1 Å². The Balaban J connectivity index is 1.44. The monoisotopic (exact) mass is 355 g/mol. The maximum absolute atomic E-state index is 6.10. The van der Waals surface area contributed by atoms with Crippen LogP contribution < -0.4 is 5.32 Å². The van der Waals surface area contributed by atoms with E-state index < -0.39 is 0 Å². The molecule has 8 nitrogen and oxygen atoms in total. The van der Waals surface area contributed by atoms with Crippen molar-refractivity contribution >= 4 is 5.78 Å². The Morgan fingerprint density at radius 2 is 2.19 bits per heavy atom. The fourth-order valence-electron chi connectivity index (χ4n) is 3.61. The molecule has 0 unspecified atom stereocenters. The van der Waals surface area contributed by atoms with Crippen molar-refractivity contribution in [1.82, 2.24) is 34.1 Å². The first-order valence-electron chi connectivity index (χ1n) is 9.08. The summed E-state index contributed by atoms with van der Waals surface area (Å²) < 4.78 is 10.1. The Bertz CT molecular complexity index is 825. The molecule has 1 aliphatic heterocycles. The summed E-state index contributed by atoms with van der Waals surface area (Å²) in [4.78, 5) is 15.8. The number of rotatable bonds is 6. The third-order valence-electron chi connectivity index (χ3n) is 4.92. The maximum atomic E-state index is 6.10. The van der Waals surface area contributed by atoms with Gasteiger partial charge in [-0.2, -0.15) is 0 Å². The molecule has 1 saturated heterocycles. The van der Waals surface area contributed by atoms with E-state index in [4.69, 9.17) is 4.74 Å². The van der Waals surface area contributed by atoms with Crippen molar-refractivity contribution in [2.45, 2.75) is 25.6 Å². The highest BCUT2D eigenvalue weighted by Crippen LogP contribution is 2.27. The first-order chi connectivity index (χ1) is 12.8. The van der Waals surface area contributed by atoms with Crippen molar-refractivity contribution in [2.24, 2.45) is 7.05 Å². The van der Waals surface area contributed by atoms with E-state index in [1.165, 1.54) is 0 Å². The fourth-order valence-corrected chi connectivity index (χ4v) is 3.61. The first-order valence-corrected chi connectivity index (χ1v) is 9.08. The quantitative estimate of drug-likeness (QED) is 0.712. The highest BCUT2D eigenvalue weighted by Gasteiger charge is 2.35. The lowest BCUT2D eigenvalue weighted by Gasteiger charge is -2.40. The lowest BCUT2D eigenvalue weighted by molar-refractivity contribution is -0.0730. The molecule has 0 bridgehead atoms. The number of morpholine rings is 1. The Labute approximate surface area is 152 Å². The molecule has 138 valence electrons. The van der Waals surface area contributed by atoms with E-state index in [0.29, 0.717) is 6.54 Å². The lowest BCUT2D eigenvalue weighted by Crippen LogP contribution is -2.49. The van der Waals surface area contributed by atoms with Crippen molar-refractivity contribution in [3.05, 3.63) is 48.6 Å². The summed E-state index contributed by atoms with van der Waals surface area (Å²) in [6, 6.07) is 2.06. The van der Waals surface area contributed by atoms with Crippen LogP contribution in [0.1, 0.15) is 24.5 Å². The van der Waals surface area contributed by atoms with Gasteiger partial charge in [0, 0.05) is 57.7 Å². The highest BCUT2D eigenvalue weighted by atomic mass is 16.5. The van der Waals surface area contributed by atoms with Gasteiger partial charge < -0.3 is 14.6 Å². The summed E-state index contributed by atoms with van der Waals surface area (Å²) in [5.74, 6) is 1.77. The summed E-state index contributed by atoms with van der Waals surface area (Å²) in [5.41, 5.74) is 0.973. The fraction of sp³-hybridized carbons (Fsp3) is 0.500. The number of hydrogen-bond acceptors (Lipinski definition) is 6. The Kier molecular flexibility index (Phi) is 4.96. The van der Waals surface area contributed by atoms with Gasteiger partial charge in [0.1, 0.15) is 5.82 Å². The van der Waals surface area contributed by atoms with Gasteiger partial charge >= 0.3 is 0 Å². The molecule has 2 atom stereocenters. The molecule has 1 aliphatic rings. The SMILES string of the molecule is CCN1CCO[C@@H](CNCc2cn3cccnc3n2)[C@@H]1c1nccn1C. The van der Waals surface area contributed by atoms with E-state index >= 15 is 0 Å². The van der Waals surface area contributed by atoms with Gasteiger partial charge in [-0.05, 0) is 12.6 Å². The molecule has 0 aliphatic carbocycles. The number of nitrogens with zero attached hydrogens (tertiary/aromatic N) is 6. The molecule has 26 heavy (non-hydrogen) atoms. The van der Waals surface area contributed by atoms with Crippen LogP contribution in [0.4, 0.5) is 0 Å². The van der Waals surface area contributed by atoms with Gasteiger partial charge in [-0.25, -0.2) is 15.0 Å². The van der Waals surface area contributed by atoms with E-state index in [9.17, 15) is 0 Å². The van der Waals surface area contributed by atoms with Gasteiger partial charge in [0.15, 0.2) is 0 Å². The van der Waals surface area contributed by atoms with Gasteiger partial charge in [0.2, 0.25) is 5.78 Å². The number of imidazole rings is 2. The number of hydrogen-bond donors (Lipinski definition) is 1. The minimum absolute atomic E-state index is 0.0555. The Hall–Kier alpha value is -2.29. The third-order valence-corrected chi connectivity index (χ3v) is 4.92. The maximum Gasteiger partial charge on any atom is 0.233 e. The smallest absolute Gasteiger partial charge is 0.233 e. The number of nitrogens with one attached hydrogen (secondary N) is 1. The number of fused-ring (bicyclic) bond motifs is 1. The molecular formula is C18H25N7O. The van der Waals surface area contributed by atoms with Gasteiger partial charge in [0.25, 0.3) is 0 Å². The molecule has 0 aromatic carbocycles. The van der Waals surface area contributed by atoms with E-state index in [2.05, 4.69) is 36.7 Å². The minimum Gasteiger partial charge on any atom is -0.373 e. The van der Waals surface area contributed by atoms with Gasteiger partial charge in [0.05, 0.1) is 24.4 Å². The Morgan fingerprint density at radius 1 is 1.27 bits per heavy atom. The molecule has 3 aromatic rings. The number of aryl methyl sites for hydroxylation is 1. The van der Waals surface area contributed by atoms with E-state index in [1.807, 2.05) is 42.3 Å². The van der Waals surface area contributed by atoms with Gasteiger partial charge in [-0.3, -0.25) is 9.30 Å². The molecule has 3 aromatic heterocycles. The second kappa shape index (κ2) is 7.53. The second-order valence-corrected chi connectivity index (χ2v) is 6.57. The van der Waals surface area contributed by atoms with Crippen LogP contribution in [0.3, 0.4) is 0 Å². The molecular weight excluding hydrogens is 330 g/mol. The zero-order valence-corrected chi connectivity index (χ0v) is 15.2.